The Morgan fingerprint density at radius 2 is 1.71 bits per heavy atom. The molecule has 1 amide bonds. The van der Waals surface area contributed by atoms with E-state index in [1.165, 1.54) is 0 Å². The van der Waals surface area contributed by atoms with Crippen LogP contribution in [0, 0.1) is 0 Å². The van der Waals surface area contributed by atoms with Crippen LogP contribution in [0.2, 0.25) is 5.02 Å². The molecule has 0 aliphatic heterocycles. The first-order valence-corrected chi connectivity index (χ1v) is 7.81. The van der Waals surface area contributed by atoms with Crippen molar-refractivity contribution in [2.24, 2.45) is 0 Å². The zero-order valence-electron chi connectivity index (χ0n) is 11.4. The summed E-state index contributed by atoms with van der Waals surface area (Å²) in [6, 6.07) is 15.2. The lowest BCUT2D eigenvalue weighted by Crippen LogP contribution is -2.21. The fourth-order valence-electron chi connectivity index (χ4n) is 1.79. The molecule has 5 heteroatoms. The van der Waals surface area contributed by atoms with Gasteiger partial charge in [0, 0.05) is 34.7 Å². The molecule has 110 valence electrons. The minimum atomic E-state index is 0.000860. The average Bonchev–Trinajstić information content (AvgIpc) is 2.48. The number of halogens is 2. The van der Waals surface area contributed by atoms with Crippen LogP contribution in [0.5, 0.6) is 0 Å². The molecule has 3 nitrogen and oxygen atoms in total. The Morgan fingerprint density at radius 3 is 2.38 bits per heavy atom. The number of anilines is 1. The van der Waals surface area contributed by atoms with E-state index in [1.54, 1.807) is 0 Å². The SMILES string of the molecule is O=C(CCNCc1ccc(Cl)cc1)Nc1ccc(Br)cc1. The van der Waals surface area contributed by atoms with Gasteiger partial charge in [0.15, 0.2) is 0 Å². The standard InChI is InChI=1S/C16H16BrClN2O/c17-13-3-7-15(8-4-13)20-16(21)9-10-19-11-12-1-5-14(18)6-2-12/h1-8,19H,9-11H2,(H,20,21). The number of rotatable bonds is 6. The Balaban J connectivity index is 1.67. The van der Waals surface area contributed by atoms with Gasteiger partial charge in [0.05, 0.1) is 0 Å². The predicted octanol–water partition coefficient (Wildman–Crippen LogP) is 4.22. The second-order valence-corrected chi connectivity index (χ2v) is 5.96. The average molecular weight is 368 g/mol. The highest BCUT2D eigenvalue weighted by Gasteiger charge is 2.02. The van der Waals surface area contributed by atoms with Crippen molar-refractivity contribution in [1.29, 1.82) is 0 Å². The lowest BCUT2D eigenvalue weighted by atomic mass is 10.2. The van der Waals surface area contributed by atoms with Gasteiger partial charge in [-0.3, -0.25) is 4.79 Å². The summed E-state index contributed by atoms with van der Waals surface area (Å²) < 4.78 is 0.991. The third-order valence-electron chi connectivity index (χ3n) is 2.90. The van der Waals surface area contributed by atoms with Crippen molar-refractivity contribution < 1.29 is 4.79 Å². The van der Waals surface area contributed by atoms with Crippen molar-refractivity contribution in [2.45, 2.75) is 13.0 Å². The molecule has 21 heavy (non-hydrogen) atoms. The first kappa shape index (κ1) is 16.0. The molecule has 0 saturated heterocycles. The van der Waals surface area contributed by atoms with E-state index in [-0.39, 0.29) is 5.91 Å². The maximum atomic E-state index is 11.8. The number of hydrogen-bond acceptors (Lipinski definition) is 2. The van der Waals surface area contributed by atoms with E-state index in [4.69, 9.17) is 11.6 Å². The van der Waals surface area contributed by atoms with Crippen molar-refractivity contribution in [1.82, 2.24) is 5.32 Å². The van der Waals surface area contributed by atoms with E-state index in [0.29, 0.717) is 13.0 Å². The van der Waals surface area contributed by atoms with E-state index in [9.17, 15) is 4.79 Å². The third-order valence-corrected chi connectivity index (χ3v) is 3.68. The number of hydrogen-bond donors (Lipinski definition) is 2. The molecule has 0 atom stereocenters. The normalized spacial score (nSPS) is 10.4. The van der Waals surface area contributed by atoms with Crippen LogP contribution in [-0.4, -0.2) is 12.5 Å². The number of nitrogens with one attached hydrogen (secondary N) is 2. The Kier molecular flexibility index (Phi) is 6.23. The van der Waals surface area contributed by atoms with Crippen molar-refractivity contribution in [3.63, 3.8) is 0 Å². The Hall–Kier alpha value is -1.36. The fourth-order valence-corrected chi connectivity index (χ4v) is 2.18. The van der Waals surface area contributed by atoms with Crippen molar-refractivity contribution in [2.75, 3.05) is 11.9 Å². The van der Waals surface area contributed by atoms with Crippen LogP contribution in [0.3, 0.4) is 0 Å². The van der Waals surface area contributed by atoms with Gasteiger partial charge in [0.25, 0.3) is 0 Å². The van der Waals surface area contributed by atoms with Gasteiger partial charge in [-0.25, -0.2) is 0 Å². The summed E-state index contributed by atoms with van der Waals surface area (Å²) in [6.07, 6.45) is 0.434. The Morgan fingerprint density at radius 1 is 1.05 bits per heavy atom. The van der Waals surface area contributed by atoms with Crippen molar-refractivity contribution in [3.05, 3.63) is 63.6 Å². The smallest absolute Gasteiger partial charge is 0.225 e. The predicted molar refractivity (Wildman–Crippen MR) is 90.5 cm³/mol. The van der Waals surface area contributed by atoms with Gasteiger partial charge in [0.2, 0.25) is 5.91 Å². The molecule has 0 fully saturated rings. The van der Waals surface area contributed by atoms with Crippen LogP contribution in [0.25, 0.3) is 0 Å². The molecule has 0 radical (unpaired) electrons. The molecule has 2 aromatic carbocycles. The molecular weight excluding hydrogens is 352 g/mol. The third kappa shape index (κ3) is 5.87. The highest BCUT2D eigenvalue weighted by atomic mass is 79.9. The van der Waals surface area contributed by atoms with Crippen LogP contribution in [0.1, 0.15) is 12.0 Å². The molecule has 0 saturated carbocycles. The van der Waals surface area contributed by atoms with Crippen molar-refractivity contribution in [3.8, 4) is 0 Å². The van der Waals surface area contributed by atoms with Gasteiger partial charge in [-0.05, 0) is 42.0 Å². The molecule has 0 bridgehead atoms. The summed E-state index contributed by atoms with van der Waals surface area (Å²) in [5, 5.41) is 6.82. The van der Waals surface area contributed by atoms with Crippen LogP contribution >= 0.6 is 27.5 Å². The van der Waals surface area contributed by atoms with Gasteiger partial charge < -0.3 is 10.6 Å². The minimum Gasteiger partial charge on any atom is -0.326 e. The number of benzene rings is 2. The lowest BCUT2D eigenvalue weighted by molar-refractivity contribution is -0.116. The summed E-state index contributed by atoms with van der Waals surface area (Å²) >= 11 is 9.18. The Bertz CT molecular complexity index is 584. The second kappa shape index (κ2) is 8.17. The Labute approximate surface area is 137 Å². The molecule has 0 aromatic heterocycles. The maximum Gasteiger partial charge on any atom is 0.225 e. The summed E-state index contributed by atoms with van der Waals surface area (Å²) in [5.41, 5.74) is 1.95. The lowest BCUT2D eigenvalue weighted by Gasteiger charge is -2.07. The van der Waals surface area contributed by atoms with Crippen LogP contribution in [0.15, 0.2) is 53.0 Å². The van der Waals surface area contributed by atoms with Gasteiger partial charge in [-0.15, -0.1) is 0 Å². The van der Waals surface area contributed by atoms with Crippen LogP contribution < -0.4 is 10.6 Å². The molecule has 2 aromatic rings. The summed E-state index contributed by atoms with van der Waals surface area (Å²) in [5.74, 6) is 0.000860. The molecule has 2 rings (SSSR count). The quantitative estimate of drug-likeness (QED) is 0.751. The molecular formula is C16H16BrClN2O. The minimum absolute atomic E-state index is 0.000860. The largest absolute Gasteiger partial charge is 0.326 e. The van der Waals surface area contributed by atoms with E-state index >= 15 is 0 Å². The van der Waals surface area contributed by atoms with E-state index in [1.807, 2.05) is 48.5 Å². The number of carbonyl (C=O) groups is 1. The van der Waals surface area contributed by atoms with Gasteiger partial charge in [0.1, 0.15) is 0 Å². The molecule has 0 heterocycles. The first-order chi connectivity index (χ1) is 10.1. The van der Waals surface area contributed by atoms with E-state index in [2.05, 4.69) is 26.6 Å². The van der Waals surface area contributed by atoms with E-state index < -0.39 is 0 Å². The molecule has 0 unspecified atom stereocenters. The number of carbonyl (C=O) groups excluding carboxylic acids is 1. The molecule has 0 spiro atoms. The highest BCUT2D eigenvalue weighted by Crippen LogP contribution is 2.14. The van der Waals surface area contributed by atoms with Crippen LogP contribution in [0.4, 0.5) is 5.69 Å². The van der Waals surface area contributed by atoms with Gasteiger partial charge >= 0.3 is 0 Å². The number of amides is 1. The fraction of sp³-hybridized carbons (Fsp3) is 0.188. The first-order valence-electron chi connectivity index (χ1n) is 6.64. The topological polar surface area (TPSA) is 41.1 Å². The van der Waals surface area contributed by atoms with Gasteiger partial charge in [-0.2, -0.15) is 0 Å². The maximum absolute atomic E-state index is 11.8. The summed E-state index contributed by atoms with van der Waals surface area (Å²) in [7, 11) is 0. The van der Waals surface area contributed by atoms with Gasteiger partial charge in [-0.1, -0.05) is 39.7 Å². The molecule has 0 aliphatic rings. The zero-order chi connectivity index (χ0) is 15.1. The van der Waals surface area contributed by atoms with Crippen LogP contribution in [-0.2, 0) is 11.3 Å². The summed E-state index contributed by atoms with van der Waals surface area (Å²) in [6.45, 7) is 1.35. The highest BCUT2D eigenvalue weighted by molar-refractivity contribution is 9.10. The zero-order valence-corrected chi connectivity index (χ0v) is 13.7. The molecule has 2 N–H and O–H groups in total. The van der Waals surface area contributed by atoms with Crippen molar-refractivity contribution >= 4 is 39.1 Å². The van der Waals surface area contributed by atoms with E-state index in [0.717, 1.165) is 27.3 Å². The summed E-state index contributed by atoms with van der Waals surface area (Å²) in [4.78, 5) is 11.8. The molecule has 0 aliphatic carbocycles. The monoisotopic (exact) mass is 366 g/mol. The second-order valence-electron chi connectivity index (χ2n) is 4.61.